The lowest BCUT2D eigenvalue weighted by atomic mass is 9.28. The topological polar surface area (TPSA) is 13.1 Å². The molecule has 0 amide bonds. The zero-order valence-corrected chi connectivity index (χ0v) is 33.9. The number of para-hydroxylation sites is 1. The SMILES string of the molecule is Cc1cc2c3c(c1)C1c4c(cccc4C4(C)CCCCC14C)B3c1ccc(CC(c3ccccc3)c3ccccc3)cc1C2Cc1cccc2oc3ccccc3c12. The smallest absolute Gasteiger partial charge is 0.242 e. The molecule has 8 aromatic rings. The molecule has 0 radical (unpaired) electrons. The van der Waals surface area contributed by atoms with Crippen LogP contribution in [0.25, 0.3) is 21.9 Å². The third-order valence-electron chi connectivity index (χ3n) is 15.8. The largest absolute Gasteiger partial charge is 0.456 e. The molecule has 2 aliphatic carbocycles. The van der Waals surface area contributed by atoms with E-state index in [1.807, 2.05) is 0 Å². The summed E-state index contributed by atoms with van der Waals surface area (Å²) in [6.45, 7) is 7.88. The van der Waals surface area contributed by atoms with Crippen LogP contribution in [-0.4, -0.2) is 6.71 Å². The van der Waals surface area contributed by atoms with Crippen molar-refractivity contribution in [2.24, 2.45) is 5.41 Å². The van der Waals surface area contributed by atoms with Crippen molar-refractivity contribution in [2.75, 3.05) is 0 Å². The average Bonchev–Trinajstić information content (AvgIpc) is 3.74. The molecule has 282 valence electrons. The first-order valence-corrected chi connectivity index (χ1v) is 21.8. The molecule has 0 bridgehead atoms. The Balaban J connectivity index is 1.09. The summed E-state index contributed by atoms with van der Waals surface area (Å²) in [5.41, 5.74) is 21.9. The van der Waals surface area contributed by atoms with Crippen molar-refractivity contribution in [1.29, 1.82) is 0 Å². The lowest BCUT2D eigenvalue weighted by Crippen LogP contribution is -2.63. The second-order valence-corrected chi connectivity index (χ2v) is 18.7. The maximum Gasteiger partial charge on any atom is 0.242 e. The Kier molecular flexibility index (Phi) is 7.54. The van der Waals surface area contributed by atoms with Gasteiger partial charge in [0.25, 0.3) is 0 Å². The van der Waals surface area contributed by atoms with Gasteiger partial charge >= 0.3 is 0 Å². The molecule has 3 heterocycles. The van der Waals surface area contributed by atoms with E-state index in [0.29, 0.717) is 5.92 Å². The summed E-state index contributed by atoms with van der Waals surface area (Å²) in [5, 5.41) is 2.48. The van der Waals surface area contributed by atoms with E-state index in [-0.39, 0.29) is 29.4 Å². The van der Waals surface area contributed by atoms with E-state index in [1.165, 1.54) is 75.3 Å². The first-order valence-electron chi connectivity index (χ1n) is 21.8. The van der Waals surface area contributed by atoms with Gasteiger partial charge in [0.1, 0.15) is 11.2 Å². The number of furan rings is 1. The molecule has 0 N–H and O–H groups in total. The van der Waals surface area contributed by atoms with Crippen LogP contribution in [0.3, 0.4) is 0 Å². The summed E-state index contributed by atoms with van der Waals surface area (Å²) in [5.74, 6) is 0.907. The van der Waals surface area contributed by atoms with E-state index >= 15 is 0 Å². The molecule has 4 atom stereocenters. The molecule has 58 heavy (non-hydrogen) atoms. The Morgan fingerprint density at radius 2 is 1.36 bits per heavy atom. The van der Waals surface area contributed by atoms with Crippen molar-refractivity contribution in [3.63, 3.8) is 0 Å². The molecular weight excluding hydrogens is 699 g/mol. The highest BCUT2D eigenvalue weighted by atomic mass is 16.3. The molecule has 0 saturated heterocycles. The van der Waals surface area contributed by atoms with E-state index in [2.05, 4.69) is 172 Å². The maximum atomic E-state index is 6.49. The molecule has 12 rings (SSSR count). The van der Waals surface area contributed by atoms with Crippen LogP contribution in [0.4, 0.5) is 0 Å². The monoisotopic (exact) mass is 748 g/mol. The number of rotatable bonds is 6. The van der Waals surface area contributed by atoms with E-state index < -0.39 is 0 Å². The van der Waals surface area contributed by atoms with Crippen molar-refractivity contribution in [3.05, 3.63) is 207 Å². The Bertz CT molecular complexity index is 2880. The highest BCUT2D eigenvalue weighted by Crippen LogP contribution is 2.67. The van der Waals surface area contributed by atoms with Gasteiger partial charge in [0.15, 0.2) is 0 Å². The zero-order chi connectivity index (χ0) is 38.8. The van der Waals surface area contributed by atoms with Crippen LogP contribution in [0.2, 0.25) is 0 Å². The van der Waals surface area contributed by atoms with E-state index in [0.717, 1.165) is 24.0 Å². The van der Waals surface area contributed by atoms with Gasteiger partial charge in [-0.3, -0.25) is 0 Å². The van der Waals surface area contributed by atoms with Crippen LogP contribution in [0, 0.1) is 12.3 Å². The van der Waals surface area contributed by atoms with Crippen molar-refractivity contribution in [1.82, 2.24) is 0 Å². The lowest BCUT2D eigenvalue weighted by molar-refractivity contribution is 0.0926. The third kappa shape index (κ3) is 4.78. The minimum absolute atomic E-state index is 0.180. The van der Waals surface area contributed by atoms with E-state index in [4.69, 9.17) is 4.42 Å². The summed E-state index contributed by atoms with van der Waals surface area (Å²) in [6, 6.07) is 57.9. The van der Waals surface area contributed by atoms with Crippen LogP contribution >= 0.6 is 0 Å². The van der Waals surface area contributed by atoms with Gasteiger partial charge in [-0.1, -0.05) is 188 Å². The molecule has 7 aromatic carbocycles. The number of hydrogen-bond donors (Lipinski definition) is 0. The summed E-state index contributed by atoms with van der Waals surface area (Å²) in [6.07, 6.45) is 7.10. The van der Waals surface area contributed by atoms with Crippen LogP contribution in [0.1, 0.15) is 113 Å². The van der Waals surface area contributed by atoms with Gasteiger partial charge in [-0.25, -0.2) is 0 Å². The standard InChI is InChI=1S/C56H49BO/c1-35-30-44-42(34-39-20-14-25-50-51(39)40-21-10-11-24-49(40)58-50)43-33-36(32-41(37-16-6-4-7-17-37)38-18-8-5-9-19-38)26-27-47(43)57-48-23-15-22-46-52(48)53(45(31-35)54(44)57)56(3)29-13-12-28-55(46,56)2/h4-11,14-27,30-31,33,41-42,53H,12-13,28-29,32,34H2,1-3H3. The second kappa shape index (κ2) is 12.7. The Labute approximate surface area is 343 Å². The summed E-state index contributed by atoms with van der Waals surface area (Å²) in [4.78, 5) is 0. The minimum atomic E-state index is 0.180. The number of hydrogen-bond acceptors (Lipinski definition) is 1. The molecular formula is C56H49BO. The van der Waals surface area contributed by atoms with Gasteiger partial charge in [0.2, 0.25) is 6.71 Å². The predicted molar refractivity (Wildman–Crippen MR) is 242 cm³/mol. The Morgan fingerprint density at radius 3 is 2.17 bits per heavy atom. The van der Waals surface area contributed by atoms with Crippen molar-refractivity contribution in [3.8, 4) is 0 Å². The molecule has 1 fully saturated rings. The number of benzene rings is 7. The van der Waals surface area contributed by atoms with Gasteiger partial charge < -0.3 is 4.42 Å². The summed E-state index contributed by atoms with van der Waals surface area (Å²) in [7, 11) is 0. The summed E-state index contributed by atoms with van der Waals surface area (Å²) < 4.78 is 6.49. The highest BCUT2D eigenvalue weighted by Gasteiger charge is 2.62. The first kappa shape index (κ1) is 34.4. The fraction of sp³-hybridized carbons (Fsp3) is 0.250. The van der Waals surface area contributed by atoms with Gasteiger partial charge in [-0.05, 0) is 106 Å². The normalized spacial score (nSPS) is 22.5. The predicted octanol–water partition coefficient (Wildman–Crippen LogP) is 11.8. The molecule has 1 aromatic heterocycles. The van der Waals surface area contributed by atoms with Crippen molar-refractivity contribution < 1.29 is 4.42 Å². The lowest BCUT2D eigenvalue weighted by Gasteiger charge is -2.50. The van der Waals surface area contributed by atoms with Crippen LogP contribution in [0.5, 0.6) is 0 Å². The fourth-order valence-corrected chi connectivity index (χ4v) is 13.1. The van der Waals surface area contributed by atoms with Crippen LogP contribution in [-0.2, 0) is 18.3 Å². The zero-order valence-electron chi connectivity index (χ0n) is 33.9. The Hall–Kier alpha value is -5.60. The number of aryl methyl sites for hydroxylation is 1. The van der Waals surface area contributed by atoms with Gasteiger partial charge in [-0.2, -0.15) is 0 Å². The Morgan fingerprint density at radius 1 is 0.655 bits per heavy atom. The van der Waals surface area contributed by atoms with Crippen LogP contribution < -0.4 is 16.4 Å². The quantitative estimate of drug-likeness (QED) is 0.154. The first-order chi connectivity index (χ1) is 28.4. The van der Waals surface area contributed by atoms with Gasteiger partial charge in [-0.15, -0.1) is 0 Å². The molecule has 2 heteroatoms. The molecule has 1 nitrogen and oxygen atoms in total. The minimum Gasteiger partial charge on any atom is -0.456 e. The molecule has 4 aliphatic rings. The van der Waals surface area contributed by atoms with Crippen molar-refractivity contribution >= 4 is 45.0 Å². The highest BCUT2D eigenvalue weighted by molar-refractivity contribution is 6.97. The summed E-state index contributed by atoms with van der Waals surface area (Å²) >= 11 is 0. The van der Waals surface area contributed by atoms with E-state index in [1.54, 1.807) is 33.2 Å². The van der Waals surface area contributed by atoms with Gasteiger partial charge in [0.05, 0.1) is 0 Å². The fourth-order valence-electron chi connectivity index (χ4n) is 13.1. The maximum absolute atomic E-state index is 6.49. The molecule has 2 aliphatic heterocycles. The molecule has 0 spiro atoms. The third-order valence-corrected chi connectivity index (χ3v) is 15.8. The van der Waals surface area contributed by atoms with Crippen LogP contribution in [0.15, 0.2) is 156 Å². The average molecular weight is 749 g/mol. The van der Waals surface area contributed by atoms with E-state index in [9.17, 15) is 0 Å². The van der Waals surface area contributed by atoms with Gasteiger partial charge in [0, 0.05) is 28.5 Å². The number of fused-ring (bicyclic) bond motifs is 10. The second-order valence-electron chi connectivity index (χ2n) is 18.7. The molecule has 1 saturated carbocycles. The van der Waals surface area contributed by atoms with Crippen molar-refractivity contribution in [2.45, 2.75) is 82.5 Å². The molecule has 4 unspecified atom stereocenters.